The number of aliphatic hydroxyl groups excluding tert-OH is 2. The van der Waals surface area contributed by atoms with Crippen molar-refractivity contribution in [2.24, 2.45) is 11.3 Å². The van der Waals surface area contributed by atoms with E-state index in [9.17, 15) is 15.0 Å². The van der Waals surface area contributed by atoms with Crippen LogP contribution in [0.5, 0.6) is 0 Å². The van der Waals surface area contributed by atoms with Crippen molar-refractivity contribution in [3.8, 4) is 0 Å². The Morgan fingerprint density at radius 2 is 1.91 bits per heavy atom. The van der Waals surface area contributed by atoms with Crippen molar-refractivity contribution >= 4 is 5.78 Å². The van der Waals surface area contributed by atoms with Crippen molar-refractivity contribution in [3.05, 3.63) is 47.0 Å². The second-order valence-electron chi connectivity index (χ2n) is 12.2. The second kappa shape index (κ2) is 6.40. The number of ketones is 1. The minimum absolute atomic E-state index is 0.0452. The van der Waals surface area contributed by atoms with Gasteiger partial charge in [-0.2, -0.15) is 0 Å². The van der Waals surface area contributed by atoms with Crippen LogP contribution in [-0.2, 0) is 19.0 Å². The van der Waals surface area contributed by atoms with Crippen LogP contribution >= 0.6 is 0 Å². The average Bonchev–Trinajstić information content (AvgIpc) is 3.66. The van der Waals surface area contributed by atoms with Gasteiger partial charge in [-0.3, -0.25) is 4.79 Å². The number of allylic oxidation sites excluding steroid dienone is 1. The summed E-state index contributed by atoms with van der Waals surface area (Å²) in [6, 6.07) is 6.42. The number of carbonyl (C=O) groups excluding carboxylic acids is 1. The van der Waals surface area contributed by atoms with Crippen LogP contribution in [0.15, 0.2) is 30.4 Å². The lowest BCUT2D eigenvalue weighted by molar-refractivity contribution is -0.187. The zero-order valence-corrected chi connectivity index (χ0v) is 20.3. The third kappa shape index (κ3) is 2.42. The summed E-state index contributed by atoms with van der Waals surface area (Å²) < 4.78 is 18.1. The molecular formula is C28H34O6. The number of rotatable bonds is 2. The fourth-order valence-electron chi connectivity index (χ4n) is 8.17. The molecule has 182 valence electrons. The number of aliphatic hydroxyl groups is 2. The van der Waals surface area contributed by atoms with Crippen molar-refractivity contribution in [1.82, 2.24) is 0 Å². The van der Waals surface area contributed by atoms with Crippen molar-refractivity contribution in [1.29, 1.82) is 0 Å². The maximum Gasteiger partial charge on any atom is 0.186 e. The smallest absolute Gasteiger partial charge is 0.186 e. The van der Waals surface area contributed by atoms with E-state index in [1.165, 1.54) is 0 Å². The summed E-state index contributed by atoms with van der Waals surface area (Å²) in [4.78, 5) is 13.2. The first-order valence-corrected chi connectivity index (χ1v) is 12.8. The summed E-state index contributed by atoms with van der Waals surface area (Å²) in [6.07, 6.45) is 5.08. The molecule has 3 aliphatic heterocycles. The molecule has 3 heterocycles. The maximum absolute atomic E-state index is 13.2. The Kier molecular flexibility index (Phi) is 4.08. The summed E-state index contributed by atoms with van der Waals surface area (Å²) in [5.41, 5.74) is 1.28. The highest BCUT2D eigenvalue weighted by Crippen LogP contribution is 2.70. The van der Waals surface area contributed by atoms with Crippen molar-refractivity contribution in [3.63, 3.8) is 0 Å². The van der Waals surface area contributed by atoms with E-state index < -0.39 is 23.4 Å². The van der Waals surface area contributed by atoms with Gasteiger partial charge in [0.1, 0.15) is 16.8 Å². The van der Waals surface area contributed by atoms with E-state index in [1.54, 1.807) is 6.08 Å². The molecular weight excluding hydrogens is 432 g/mol. The zero-order valence-electron chi connectivity index (χ0n) is 20.3. The first-order chi connectivity index (χ1) is 16.0. The number of hydrogen-bond donors (Lipinski definition) is 2. The Hall–Kier alpha value is -1.57. The Morgan fingerprint density at radius 1 is 1.12 bits per heavy atom. The minimum Gasteiger partial charge on any atom is -0.388 e. The van der Waals surface area contributed by atoms with E-state index >= 15 is 0 Å². The van der Waals surface area contributed by atoms with Gasteiger partial charge in [0.05, 0.1) is 23.7 Å². The molecule has 0 bridgehead atoms. The molecule has 6 heteroatoms. The third-order valence-electron chi connectivity index (χ3n) is 10.8. The van der Waals surface area contributed by atoms with E-state index in [0.717, 1.165) is 36.0 Å². The molecule has 1 saturated carbocycles. The van der Waals surface area contributed by atoms with Gasteiger partial charge in [0, 0.05) is 12.3 Å². The molecule has 11 unspecified atom stereocenters. The average molecular weight is 467 g/mol. The van der Waals surface area contributed by atoms with Gasteiger partial charge < -0.3 is 24.4 Å². The second-order valence-corrected chi connectivity index (χ2v) is 12.2. The SMILES string of the molecule is CC(c1ccc2c(c1)C(O)CC1C2CC2OC23CC=CC(=O)C13C)C1CC2(C)OC2(C)C(O)O1. The molecule has 6 aliphatic rings. The first kappa shape index (κ1) is 21.7. The zero-order chi connectivity index (χ0) is 23.8. The highest BCUT2D eigenvalue weighted by atomic mass is 16.7. The molecule has 4 fully saturated rings. The van der Waals surface area contributed by atoms with Gasteiger partial charge in [0.25, 0.3) is 0 Å². The number of fused-ring (bicyclic) bond motifs is 5. The predicted molar refractivity (Wildman–Crippen MR) is 123 cm³/mol. The lowest BCUT2D eigenvalue weighted by atomic mass is 9.49. The molecule has 1 spiro atoms. The van der Waals surface area contributed by atoms with Gasteiger partial charge in [-0.25, -0.2) is 0 Å². The predicted octanol–water partition coefficient (Wildman–Crippen LogP) is 3.66. The summed E-state index contributed by atoms with van der Waals surface area (Å²) in [6.45, 7) is 8.14. The molecule has 3 saturated heterocycles. The van der Waals surface area contributed by atoms with Crippen molar-refractivity contribution in [2.45, 2.75) is 107 Å². The van der Waals surface area contributed by atoms with Gasteiger partial charge in [0.2, 0.25) is 0 Å². The van der Waals surface area contributed by atoms with E-state index in [1.807, 2.05) is 19.9 Å². The first-order valence-electron chi connectivity index (χ1n) is 12.8. The molecule has 0 amide bonds. The highest BCUT2D eigenvalue weighted by molar-refractivity contribution is 5.98. The maximum atomic E-state index is 13.2. The normalized spacial score (nSPS) is 53.1. The number of carbonyl (C=O) groups is 1. The molecule has 11 atom stereocenters. The van der Waals surface area contributed by atoms with Crippen LogP contribution < -0.4 is 0 Å². The van der Waals surface area contributed by atoms with E-state index in [2.05, 4.69) is 32.0 Å². The topological polar surface area (TPSA) is 91.8 Å². The number of ether oxygens (including phenoxy) is 3. The Bertz CT molecular complexity index is 1130. The molecule has 1 aromatic carbocycles. The fourth-order valence-corrected chi connectivity index (χ4v) is 8.17. The van der Waals surface area contributed by atoms with Gasteiger partial charge >= 0.3 is 0 Å². The van der Waals surface area contributed by atoms with E-state index in [0.29, 0.717) is 6.42 Å². The molecule has 3 aliphatic carbocycles. The molecule has 34 heavy (non-hydrogen) atoms. The third-order valence-corrected chi connectivity index (χ3v) is 10.8. The number of epoxide rings is 2. The van der Waals surface area contributed by atoms with Gasteiger partial charge in [-0.05, 0) is 74.6 Å². The van der Waals surface area contributed by atoms with Gasteiger partial charge in [-0.1, -0.05) is 31.2 Å². The number of benzene rings is 1. The fraction of sp³-hybridized carbons (Fsp3) is 0.679. The van der Waals surface area contributed by atoms with Crippen LogP contribution in [0.2, 0.25) is 0 Å². The van der Waals surface area contributed by atoms with Crippen LogP contribution in [0.4, 0.5) is 0 Å². The monoisotopic (exact) mass is 466 g/mol. The van der Waals surface area contributed by atoms with Crippen LogP contribution in [-0.4, -0.2) is 51.3 Å². The Labute approximate surface area is 200 Å². The Balaban J connectivity index is 1.21. The Morgan fingerprint density at radius 3 is 2.68 bits per heavy atom. The highest BCUT2D eigenvalue weighted by Gasteiger charge is 2.76. The van der Waals surface area contributed by atoms with Crippen molar-refractivity contribution < 1.29 is 29.2 Å². The van der Waals surface area contributed by atoms with Gasteiger partial charge in [-0.15, -0.1) is 0 Å². The quantitative estimate of drug-likeness (QED) is 0.647. The van der Waals surface area contributed by atoms with Crippen LogP contribution in [0.3, 0.4) is 0 Å². The number of hydrogen-bond acceptors (Lipinski definition) is 6. The molecule has 0 radical (unpaired) electrons. The summed E-state index contributed by atoms with van der Waals surface area (Å²) >= 11 is 0. The van der Waals surface area contributed by atoms with Crippen LogP contribution in [0.1, 0.15) is 88.0 Å². The van der Waals surface area contributed by atoms with Crippen molar-refractivity contribution in [2.75, 3.05) is 0 Å². The lowest BCUT2D eigenvalue weighted by Crippen LogP contribution is -2.56. The van der Waals surface area contributed by atoms with Crippen LogP contribution in [0.25, 0.3) is 0 Å². The molecule has 6 nitrogen and oxygen atoms in total. The molecule has 2 N–H and O–H groups in total. The van der Waals surface area contributed by atoms with Gasteiger partial charge in [0.15, 0.2) is 12.1 Å². The van der Waals surface area contributed by atoms with E-state index in [-0.39, 0.29) is 46.9 Å². The summed E-state index contributed by atoms with van der Waals surface area (Å²) in [5.74, 6) is 0.462. The molecule has 7 rings (SSSR count). The minimum atomic E-state index is -0.938. The lowest BCUT2D eigenvalue weighted by Gasteiger charge is -2.52. The summed E-state index contributed by atoms with van der Waals surface area (Å²) in [7, 11) is 0. The standard InChI is InChI=1S/C28H34O6/c1-14(21-13-25(2)27(4,34-25)24(31)32-21)15-7-8-16-17-11-23-28(33-23)9-5-6-22(30)26(28,3)19(17)12-20(29)18(16)10-15/h5-8,10,14,17,19-21,23-24,29,31H,9,11-13H2,1-4H3. The van der Waals surface area contributed by atoms with E-state index in [4.69, 9.17) is 14.2 Å². The molecule has 1 aromatic rings. The summed E-state index contributed by atoms with van der Waals surface area (Å²) in [5, 5.41) is 21.8. The molecule has 0 aromatic heterocycles. The van der Waals surface area contributed by atoms with Crippen LogP contribution in [0, 0.1) is 11.3 Å². The largest absolute Gasteiger partial charge is 0.388 e.